The van der Waals surface area contributed by atoms with E-state index in [2.05, 4.69) is 29.9 Å². The number of fused-ring (bicyclic) bond motifs is 2. The average molecular weight is 465 g/mol. The molecule has 0 aliphatic carbocycles. The van der Waals surface area contributed by atoms with E-state index in [-0.39, 0.29) is 5.56 Å². The molecule has 4 aromatic heterocycles. The summed E-state index contributed by atoms with van der Waals surface area (Å²) in [5, 5.41) is 1.90. The summed E-state index contributed by atoms with van der Waals surface area (Å²) in [6.45, 7) is 0. The summed E-state index contributed by atoms with van der Waals surface area (Å²) >= 11 is 6.13. The highest BCUT2D eigenvalue weighted by molar-refractivity contribution is 6.34. The van der Waals surface area contributed by atoms with Crippen molar-refractivity contribution in [3.8, 4) is 23.0 Å². The van der Waals surface area contributed by atoms with Crippen LogP contribution in [-0.4, -0.2) is 29.9 Å². The molecule has 1 N–H and O–H groups in total. The number of hydrogen-bond acceptors (Lipinski definition) is 6. The predicted molar refractivity (Wildman–Crippen MR) is 133 cm³/mol. The van der Waals surface area contributed by atoms with Crippen molar-refractivity contribution in [2.45, 2.75) is 0 Å². The summed E-state index contributed by atoms with van der Waals surface area (Å²) < 4.78 is 0. The number of rotatable bonds is 2. The van der Waals surface area contributed by atoms with Gasteiger partial charge in [0.25, 0.3) is 5.56 Å². The molecule has 0 bridgehead atoms. The normalized spacial score (nSPS) is 10.6. The van der Waals surface area contributed by atoms with Gasteiger partial charge < -0.3 is 4.98 Å². The number of pyridine rings is 2. The first-order chi connectivity index (χ1) is 16.7. The highest BCUT2D eigenvalue weighted by atomic mass is 35.5. The van der Waals surface area contributed by atoms with Gasteiger partial charge in [-0.15, -0.1) is 0 Å². The van der Waals surface area contributed by atoms with E-state index in [0.717, 1.165) is 16.6 Å². The molecule has 34 heavy (non-hydrogen) atoms. The number of para-hydroxylation sites is 2. The Labute approximate surface area is 199 Å². The molecule has 7 nitrogen and oxygen atoms in total. The molecule has 0 unspecified atom stereocenters. The van der Waals surface area contributed by atoms with Crippen LogP contribution in [-0.2, 0) is 0 Å². The number of aromatic nitrogens is 6. The monoisotopic (exact) mass is 464 g/mol. The third-order valence-corrected chi connectivity index (χ3v) is 5.26. The van der Waals surface area contributed by atoms with Gasteiger partial charge in [0.2, 0.25) is 0 Å². The van der Waals surface area contributed by atoms with Crippen molar-refractivity contribution < 1.29 is 0 Å². The van der Waals surface area contributed by atoms with E-state index < -0.39 is 0 Å². The zero-order chi connectivity index (χ0) is 23.3. The Kier molecular flexibility index (Phi) is 6.01. The van der Waals surface area contributed by atoms with E-state index in [1.54, 1.807) is 18.5 Å². The first kappa shape index (κ1) is 21.4. The van der Waals surface area contributed by atoms with Crippen molar-refractivity contribution in [1.29, 1.82) is 0 Å². The number of nitrogens with zero attached hydrogens (tertiary/aromatic N) is 5. The van der Waals surface area contributed by atoms with Gasteiger partial charge in [0, 0.05) is 17.8 Å². The molecule has 4 heterocycles. The fraction of sp³-hybridized carbons (Fsp3) is 0. The largest absolute Gasteiger partial charge is 0.305 e. The fourth-order valence-electron chi connectivity index (χ4n) is 3.36. The second-order valence-electron chi connectivity index (χ2n) is 7.22. The Morgan fingerprint density at radius 3 is 1.88 bits per heavy atom. The number of halogens is 1. The van der Waals surface area contributed by atoms with E-state index in [1.165, 1.54) is 0 Å². The Morgan fingerprint density at radius 2 is 1.21 bits per heavy atom. The first-order valence-electron chi connectivity index (χ1n) is 10.4. The minimum atomic E-state index is -0.142. The first-order valence-corrected chi connectivity index (χ1v) is 10.8. The maximum absolute atomic E-state index is 11.8. The number of hydrogen-bond donors (Lipinski definition) is 1. The molecule has 0 radical (unpaired) electrons. The van der Waals surface area contributed by atoms with Gasteiger partial charge >= 0.3 is 0 Å². The van der Waals surface area contributed by atoms with Crippen LogP contribution in [0.15, 0.2) is 102 Å². The van der Waals surface area contributed by atoms with E-state index in [1.807, 2.05) is 78.9 Å². The molecular weight excluding hydrogens is 448 g/mol. The van der Waals surface area contributed by atoms with Gasteiger partial charge in [-0.05, 0) is 48.5 Å². The van der Waals surface area contributed by atoms with Crippen LogP contribution in [0.4, 0.5) is 0 Å². The van der Waals surface area contributed by atoms with Crippen LogP contribution >= 0.6 is 11.6 Å². The van der Waals surface area contributed by atoms with E-state index >= 15 is 0 Å². The molecule has 8 heteroatoms. The summed E-state index contributed by atoms with van der Waals surface area (Å²) in [4.78, 5) is 36.1. The van der Waals surface area contributed by atoms with Gasteiger partial charge in [-0.1, -0.05) is 48.0 Å². The summed E-state index contributed by atoms with van der Waals surface area (Å²) in [5.41, 5.74) is 2.75. The van der Waals surface area contributed by atoms with Gasteiger partial charge in [-0.25, -0.2) is 15.0 Å². The molecule has 0 saturated heterocycles. The van der Waals surface area contributed by atoms with Crippen molar-refractivity contribution in [3.63, 3.8) is 0 Å². The minimum Gasteiger partial charge on any atom is -0.305 e. The van der Waals surface area contributed by atoms with Crippen LogP contribution in [0, 0.1) is 0 Å². The van der Waals surface area contributed by atoms with Gasteiger partial charge in [0.1, 0.15) is 16.5 Å². The van der Waals surface area contributed by atoms with E-state index in [4.69, 9.17) is 11.6 Å². The molecule has 6 aromatic rings. The molecule has 6 rings (SSSR count). The van der Waals surface area contributed by atoms with Crippen LogP contribution in [0.1, 0.15) is 0 Å². The third-order valence-electron chi connectivity index (χ3n) is 4.97. The molecule has 164 valence electrons. The smallest absolute Gasteiger partial charge is 0.259 e. The number of nitrogens with one attached hydrogen (secondary N) is 1. The highest BCUT2D eigenvalue weighted by Gasteiger charge is 2.08. The number of H-pyrrole nitrogens is 1. The van der Waals surface area contributed by atoms with Crippen molar-refractivity contribution in [2.24, 2.45) is 0 Å². The lowest BCUT2D eigenvalue weighted by Crippen LogP contribution is -2.09. The van der Waals surface area contributed by atoms with E-state index in [9.17, 15) is 4.79 Å². The lowest BCUT2D eigenvalue weighted by molar-refractivity contribution is 1.14. The van der Waals surface area contributed by atoms with Gasteiger partial charge in [0.05, 0.1) is 16.4 Å². The van der Waals surface area contributed by atoms with Crippen LogP contribution in [0.3, 0.4) is 0 Å². The van der Waals surface area contributed by atoms with Gasteiger partial charge in [-0.3, -0.25) is 14.8 Å². The molecule has 0 fully saturated rings. The number of benzene rings is 2. The molecule has 0 saturated carbocycles. The topological polar surface area (TPSA) is 97.3 Å². The van der Waals surface area contributed by atoms with Crippen molar-refractivity contribution in [2.75, 3.05) is 0 Å². The molecule has 0 aliphatic rings. The van der Waals surface area contributed by atoms with Crippen LogP contribution in [0.25, 0.3) is 44.8 Å². The van der Waals surface area contributed by atoms with Crippen molar-refractivity contribution in [1.82, 2.24) is 29.9 Å². The van der Waals surface area contributed by atoms with Crippen LogP contribution < -0.4 is 5.56 Å². The van der Waals surface area contributed by atoms with Crippen LogP contribution in [0.2, 0.25) is 5.15 Å². The number of aromatic amines is 1. The second-order valence-corrected chi connectivity index (χ2v) is 7.57. The summed E-state index contributed by atoms with van der Waals surface area (Å²) in [5.74, 6) is 1.05. The zero-order valence-corrected chi connectivity index (χ0v) is 18.5. The summed E-state index contributed by atoms with van der Waals surface area (Å²) in [6.07, 6.45) is 3.38. The highest BCUT2D eigenvalue weighted by Crippen LogP contribution is 2.23. The van der Waals surface area contributed by atoms with Gasteiger partial charge in [0.15, 0.2) is 11.6 Å². The van der Waals surface area contributed by atoms with E-state index in [0.29, 0.717) is 33.4 Å². The molecular formula is C26H17ClN6O. The fourth-order valence-corrected chi connectivity index (χ4v) is 3.60. The lowest BCUT2D eigenvalue weighted by atomic mass is 10.2. The molecule has 0 amide bonds. The minimum absolute atomic E-state index is 0.142. The Morgan fingerprint density at radius 1 is 0.618 bits per heavy atom. The Hall–Kier alpha value is -4.49. The third kappa shape index (κ3) is 4.51. The average Bonchev–Trinajstić information content (AvgIpc) is 2.90. The Balaban J connectivity index is 0.000000142. The summed E-state index contributed by atoms with van der Waals surface area (Å²) in [7, 11) is 0. The van der Waals surface area contributed by atoms with Gasteiger partial charge in [-0.2, -0.15) is 0 Å². The molecule has 2 aromatic carbocycles. The zero-order valence-electron chi connectivity index (χ0n) is 17.8. The maximum Gasteiger partial charge on any atom is 0.259 e. The standard InChI is InChI=1S/C13H8ClN3.C13H9N3O/c14-12-9-5-1-2-6-10(9)16-13(17-12)11-7-3-4-8-15-11;17-13-9-5-1-2-6-10(9)15-12(16-13)11-7-3-4-8-14-11/h1-8H;1-8H,(H,15,16,17). The SMILES string of the molecule is Clc1nc(-c2ccccn2)nc2ccccc12.O=c1[nH]c(-c2ccccn2)nc2ccccc12. The second kappa shape index (κ2) is 9.56. The molecule has 0 atom stereocenters. The Bertz CT molecular complexity index is 1640. The van der Waals surface area contributed by atoms with Crippen LogP contribution in [0.5, 0.6) is 0 Å². The lowest BCUT2D eigenvalue weighted by Gasteiger charge is -2.03. The molecule has 0 aliphatic heterocycles. The maximum atomic E-state index is 11.8. The van der Waals surface area contributed by atoms with Crippen molar-refractivity contribution in [3.05, 3.63) is 113 Å². The molecule has 0 spiro atoms. The summed E-state index contributed by atoms with van der Waals surface area (Å²) in [6, 6.07) is 26.0. The van der Waals surface area contributed by atoms with Crippen molar-refractivity contribution >= 4 is 33.4 Å². The predicted octanol–water partition coefficient (Wildman–Crippen LogP) is 5.33. The quantitative estimate of drug-likeness (QED) is 0.348.